The molecule has 0 radical (unpaired) electrons. The molecule has 0 atom stereocenters. The van der Waals surface area contributed by atoms with Crippen molar-refractivity contribution in [3.05, 3.63) is 57.2 Å². The lowest BCUT2D eigenvalue weighted by atomic mass is 10.0. The summed E-state index contributed by atoms with van der Waals surface area (Å²) in [6, 6.07) is 9.43. The number of halogens is 2. The van der Waals surface area contributed by atoms with Gasteiger partial charge < -0.3 is 10.1 Å². The molecular formula is C23H19Cl2N3O. The van der Waals surface area contributed by atoms with E-state index >= 15 is 0 Å². The maximum absolute atomic E-state index is 9.61. The molecule has 146 valence electrons. The first kappa shape index (κ1) is 20.8. The quantitative estimate of drug-likeness (QED) is 0.478. The van der Waals surface area contributed by atoms with Gasteiger partial charge in [0.15, 0.2) is 0 Å². The van der Waals surface area contributed by atoms with Gasteiger partial charge in [0.2, 0.25) is 0 Å². The Kier molecular flexibility index (Phi) is 6.49. The van der Waals surface area contributed by atoms with Gasteiger partial charge in [-0.05, 0) is 37.1 Å². The van der Waals surface area contributed by atoms with Crippen LogP contribution in [0.2, 0.25) is 10.0 Å². The summed E-state index contributed by atoms with van der Waals surface area (Å²) in [5, 5.41) is 14.5. The van der Waals surface area contributed by atoms with Gasteiger partial charge in [-0.2, -0.15) is 5.26 Å². The first-order valence-corrected chi connectivity index (χ1v) is 9.86. The summed E-state index contributed by atoms with van der Waals surface area (Å²) in [7, 11) is 1.53. The van der Waals surface area contributed by atoms with Crippen molar-refractivity contribution in [1.29, 1.82) is 5.26 Å². The second-order valence-corrected chi connectivity index (χ2v) is 7.30. The number of fused-ring (bicyclic) bond motifs is 1. The summed E-state index contributed by atoms with van der Waals surface area (Å²) in [5.74, 6) is 6.86. The van der Waals surface area contributed by atoms with Crippen LogP contribution >= 0.6 is 23.2 Å². The highest BCUT2D eigenvalue weighted by Gasteiger charge is 2.14. The molecule has 0 aliphatic heterocycles. The molecule has 0 saturated heterocycles. The zero-order chi connectivity index (χ0) is 21.0. The van der Waals surface area contributed by atoms with Crippen molar-refractivity contribution >= 4 is 45.5 Å². The van der Waals surface area contributed by atoms with E-state index in [1.165, 1.54) is 7.11 Å². The first-order valence-electron chi connectivity index (χ1n) is 9.10. The van der Waals surface area contributed by atoms with Crippen LogP contribution in [-0.2, 0) is 0 Å². The number of unbranched alkanes of at least 4 members (excludes halogenated alkanes) is 1. The van der Waals surface area contributed by atoms with Gasteiger partial charge in [-0.1, -0.05) is 42.0 Å². The number of aromatic nitrogens is 1. The molecule has 0 bridgehead atoms. The lowest BCUT2D eigenvalue weighted by Gasteiger charge is -2.15. The van der Waals surface area contributed by atoms with Crippen molar-refractivity contribution in [3.63, 3.8) is 0 Å². The number of aryl methyl sites for hydroxylation is 1. The number of methoxy groups -OCH3 is 1. The molecule has 29 heavy (non-hydrogen) atoms. The summed E-state index contributed by atoms with van der Waals surface area (Å²) in [6.07, 6.45) is 3.41. The maximum atomic E-state index is 9.61. The Bertz CT molecular complexity index is 1190. The van der Waals surface area contributed by atoms with Gasteiger partial charge in [0.1, 0.15) is 11.8 Å². The molecule has 3 aromatic rings. The SMILES string of the molecule is CCCC#Cc1cc2ncc(C#N)c(Nc3cc(OC)c(Cl)cc3Cl)c2cc1C. The fourth-order valence-electron chi connectivity index (χ4n) is 2.90. The van der Waals surface area contributed by atoms with Crippen molar-refractivity contribution < 1.29 is 4.74 Å². The molecule has 3 rings (SSSR count). The average molecular weight is 424 g/mol. The Labute approximate surface area is 180 Å². The number of benzene rings is 2. The van der Waals surface area contributed by atoms with Crippen molar-refractivity contribution in [3.8, 4) is 23.7 Å². The Balaban J connectivity index is 2.16. The van der Waals surface area contributed by atoms with Gasteiger partial charge in [-0.3, -0.25) is 4.98 Å². The van der Waals surface area contributed by atoms with Crippen LogP contribution in [-0.4, -0.2) is 12.1 Å². The summed E-state index contributed by atoms with van der Waals surface area (Å²) in [6.45, 7) is 4.10. The maximum Gasteiger partial charge on any atom is 0.139 e. The second kappa shape index (κ2) is 9.05. The van der Waals surface area contributed by atoms with Gasteiger partial charge in [0.25, 0.3) is 0 Å². The van der Waals surface area contributed by atoms with Gasteiger partial charge in [0, 0.05) is 29.6 Å². The molecule has 1 N–H and O–H groups in total. The van der Waals surface area contributed by atoms with Crippen molar-refractivity contribution in [1.82, 2.24) is 4.98 Å². The van der Waals surface area contributed by atoms with Gasteiger partial charge >= 0.3 is 0 Å². The molecule has 0 unspecified atom stereocenters. The molecule has 1 aromatic heterocycles. The third-order valence-electron chi connectivity index (χ3n) is 4.43. The second-order valence-electron chi connectivity index (χ2n) is 6.49. The standard InChI is InChI=1S/C23H19Cl2N3O/c1-4-5-6-7-15-9-20-17(8-14(15)2)23(16(12-26)13-27-20)28-21-11-22(29-3)19(25)10-18(21)24/h8-11,13H,4-5H2,1-3H3,(H,27,28). The lowest BCUT2D eigenvalue weighted by Crippen LogP contribution is -1.99. The molecule has 0 amide bonds. The molecule has 2 aromatic carbocycles. The number of nitriles is 1. The summed E-state index contributed by atoms with van der Waals surface area (Å²) in [5.41, 5.74) is 4.31. The van der Waals surface area contributed by atoms with Crippen LogP contribution in [0.4, 0.5) is 11.4 Å². The van der Waals surface area contributed by atoms with E-state index in [2.05, 4.69) is 35.1 Å². The Morgan fingerprint density at radius 3 is 2.62 bits per heavy atom. The van der Waals surface area contributed by atoms with Crippen LogP contribution in [0.1, 0.15) is 36.5 Å². The fraction of sp³-hybridized carbons (Fsp3) is 0.217. The molecule has 6 heteroatoms. The predicted octanol–water partition coefficient (Wildman–Crippen LogP) is 6.63. The van der Waals surface area contributed by atoms with E-state index in [9.17, 15) is 5.26 Å². The minimum atomic E-state index is 0.409. The van der Waals surface area contributed by atoms with E-state index in [0.717, 1.165) is 34.9 Å². The number of hydrogen-bond donors (Lipinski definition) is 1. The molecule has 0 aliphatic carbocycles. The number of rotatable bonds is 4. The van der Waals surface area contributed by atoms with E-state index in [0.29, 0.717) is 32.7 Å². The number of hydrogen-bond acceptors (Lipinski definition) is 4. The summed E-state index contributed by atoms with van der Waals surface area (Å²) in [4.78, 5) is 4.45. The smallest absolute Gasteiger partial charge is 0.139 e. The van der Waals surface area contributed by atoms with Crippen molar-refractivity contribution in [2.45, 2.75) is 26.7 Å². The van der Waals surface area contributed by atoms with Gasteiger partial charge in [-0.15, -0.1) is 0 Å². The molecular weight excluding hydrogens is 405 g/mol. The number of pyridine rings is 1. The third-order valence-corrected chi connectivity index (χ3v) is 5.04. The van der Waals surface area contributed by atoms with Crippen LogP contribution < -0.4 is 10.1 Å². The van der Waals surface area contributed by atoms with Crippen LogP contribution in [0.3, 0.4) is 0 Å². The van der Waals surface area contributed by atoms with Gasteiger partial charge in [-0.25, -0.2) is 0 Å². The number of nitrogens with zero attached hydrogens (tertiary/aromatic N) is 2. The Morgan fingerprint density at radius 2 is 1.93 bits per heavy atom. The van der Waals surface area contributed by atoms with E-state index in [4.69, 9.17) is 27.9 Å². The number of anilines is 2. The molecule has 4 nitrogen and oxygen atoms in total. The molecule has 0 saturated carbocycles. The van der Waals surface area contributed by atoms with Crippen LogP contribution in [0.25, 0.3) is 10.9 Å². The van der Waals surface area contributed by atoms with Crippen LogP contribution in [0, 0.1) is 30.1 Å². The molecule has 0 fully saturated rings. The zero-order valence-electron chi connectivity index (χ0n) is 16.4. The third kappa shape index (κ3) is 4.40. The summed E-state index contributed by atoms with van der Waals surface area (Å²) < 4.78 is 5.28. The van der Waals surface area contributed by atoms with Crippen molar-refractivity contribution in [2.75, 3.05) is 12.4 Å². The number of nitrogens with one attached hydrogen (secondary N) is 1. The lowest BCUT2D eigenvalue weighted by molar-refractivity contribution is 0.415. The van der Waals surface area contributed by atoms with Crippen molar-refractivity contribution in [2.24, 2.45) is 0 Å². The Hall–Kier alpha value is -2.92. The van der Waals surface area contributed by atoms with Crippen LogP contribution in [0.5, 0.6) is 5.75 Å². The fourth-order valence-corrected chi connectivity index (χ4v) is 3.41. The average Bonchev–Trinajstić information content (AvgIpc) is 2.71. The topological polar surface area (TPSA) is 57.9 Å². The minimum Gasteiger partial charge on any atom is -0.495 e. The van der Waals surface area contributed by atoms with E-state index in [1.54, 1.807) is 18.3 Å². The molecule has 1 heterocycles. The minimum absolute atomic E-state index is 0.409. The van der Waals surface area contributed by atoms with Gasteiger partial charge in [0.05, 0.1) is 39.6 Å². The summed E-state index contributed by atoms with van der Waals surface area (Å²) >= 11 is 12.5. The zero-order valence-corrected chi connectivity index (χ0v) is 17.9. The monoisotopic (exact) mass is 423 g/mol. The highest BCUT2D eigenvalue weighted by atomic mass is 35.5. The normalized spacial score (nSPS) is 10.2. The van der Waals surface area contributed by atoms with E-state index < -0.39 is 0 Å². The number of ether oxygens (including phenoxy) is 1. The first-order chi connectivity index (χ1) is 14.0. The molecule has 0 aliphatic rings. The predicted molar refractivity (Wildman–Crippen MR) is 119 cm³/mol. The highest BCUT2D eigenvalue weighted by Crippen LogP contribution is 2.38. The van der Waals surface area contributed by atoms with E-state index in [1.807, 2.05) is 19.1 Å². The van der Waals surface area contributed by atoms with Crippen LogP contribution in [0.15, 0.2) is 30.5 Å². The molecule has 0 spiro atoms. The van der Waals surface area contributed by atoms with E-state index in [-0.39, 0.29) is 0 Å². The Morgan fingerprint density at radius 1 is 1.14 bits per heavy atom. The highest BCUT2D eigenvalue weighted by molar-refractivity contribution is 6.37. The largest absolute Gasteiger partial charge is 0.495 e.